The number of hydrogen-bond acceptors (Lipinski definition) is 2. The predicted octanol–water partition coefficient (Wildman–Crippen LogP) is 4.30. The molecule has 0 amide bonds. The first-order chi connectivity index (χ1) is 10.0. The van der Waals surface area contributed by atoms with E-state index >= 15 is 0 Å². The molecule has 0 spiro atoms. The zero-order valence-corrected chi connectivity index (χ0v) is 15.0. The molecule has 2 aliphatic carbocycles. The third kappa shape index (κ3) is 5.56. The molecule has 2 aliphatic rings. The minimum atomic E-state index is 0.534. The van der Waals surface area contributed by atoms with Gasteiger partial charge in [-0.15, -0.1) is 0 Å². The molecule has 0 heterocycles. The van der Waals surface area contributed by atoms with Crippen LogP contribution >= 0.6 is 0 Å². The van der Waals surface area contributed by atoms with Gasteiger partial charge in [-0.3, -0.25) is 0 Å². The van der Waals surface area contributed by atoms with Crippen LogP contribution in [0.15, 0.2) is 0 Å². The van der Waals surface area contributed by atoms with Gasteiger partial charge < -0.3 is 10.2 Å². The van der Waals surface area contributed by atoms with Gasteiger partial charge in [0.05, 0.1) is 0 Å². The van der Waals surface area contributed by atoms with Crippen molar-refractivity contribution in [1.29, 1.82) is 0 Å². The van der Waals surface area contributed by atoms with Gasteiger partial charge in [-0.1, -0.05) is 26.7 Å². The Morgan fingerprint density at radius 2 is 2.00 bits per heavy atom. The van der Waals surface area contributed by atoms with E-state index in [-0.39, 0.29) is 0 Å². The summed E-state index contributed by atoms with van der Waals surface area (Å²) in [7, 11) is 0. The standard InChI is InChI=1S/C19H38N2/c1-5-11-20-14-19(10-6-7-17(4)12-19)15-21(16(2)3)13-18-8-9-18/h16-18,20H,5-15H2,1-4H3. The van der Waals surface area contributed by atoms with E-state index in [2.05, 4.69) is 37.9 Å². The van der Waals surface area contributed by atoms with Gasteiger partial charge in [0.2, 0.25) is 0 Å². The molecule has 0 bridgehead atoms. The molecule has 2 saturated carbocycles. The van der Waals surface area contributed by atoms with Crippen LogP contribution in [0.1, 0.15) is 72.6 Å². The minimum Gasteiger partial charge on any atom is -0.316 e. The number of nitrogens with one attached hydrogen (secondary N) is 1. The van der Waals surface area contributed by atoms with Gasteiger partial charge in [-0.25, -0.2) is 0 Å². The maximum atomic E-state index is 3.75. The van der Waals surface area contributed by atoms with E-state index in [1.165, 1.54) is 71.1 Å². The molecule has 0 radical (unpaired) electrons. The average molecular weight is 295 g/mol. The first-order valence-corrected chi connectivity index (χ1v) is 9.49. The molecular weight excluding hydrogens is 256 g/mol. The molecule has 2 rings (SSSR count). The summed E-state index contributed by atoms with van der Waals surface area (Å²) in [6.45, 7) is 14.6. The lowest BCUT2D eigenvalue weighted by Gasteiger charge is -2.45. The molecule has 0 aromatic rings. The molecule has 2 fully saturated rings. The quantitative estimate of drug-likeness (QED) is 0.638. The van der Waals surface area contributed by atoms with Crippen LogP contribution in [0.2, 0.25) is 0 Å². The second-order valence-corrected chi connectivity index (χ2v) is 8.34. The molecule has 2 atom stereocenters. The monoisotopic (exact) mass is 294 g/mol. The molecule has 0 aromatic heterocycles. The van der Waals surface area contributed by atoms with Gasteiger partial charge in [0.25, 0.3) is 0 Å². The molecule has 2 nitrogen and oxygen atoms in total. The van der Waals surface area contributed by atoms with Crippen LogP contribution < -0.4 is 5.32 Å². The van der Waals surface area contributed by atoms with Crippen LogP contribution in [0.25, 0.3) is 0 Å². The van der Waals surface area contributed by atoms with Crippen molar-refractivity contribution in [2.75, 3.05) is 26.2 Å². The molecule has 1 N–H and O–H groups in total. The highest BCUT2D eigenvalue weighted by atomic mass is 15.2. The van der Waals surface area contributed by atoms with Crippen molar-refractivity contribution in [3.05, 3.63) is 0 Å². The molecule has 2 heteroatoms. The van der Waals surface area contributed by atoms with Gasteiger partial charge in [-0.2, -0.15) is 0 Å². The van der Waals surface area contributed by atoms with Crippen molar-refractivity contribution >= 4 is 0 Å². The Morgan fingerprint density at radius 1 is 1.24 bits per heavy atom. The lowest BCUT2D eigenvalue weighted by atomic mass is 9.69. The SMILES string of the molecule is CCCNCC1(CN(CC2CC2)C(C)C)CCCC(C)C1. The van der Waals surface area contributed by atoms with Crippen LogP contribution in [0, 0.1) is 17.3 Å². The summed E-state index contributed by atoms with van der Waals surface area (Å²) in [4.78, 5) is 2.79. The van der Waals surface area contributed by atoms with E-state index < -0.39 is 0 Å². The molecule has 21 heavy (non-hydrogen) atoms. The number of nitrogens with zero attached hydrogens (tertiary/aromatic N) is 1. The molecule has 2 unspecified atom stereocenters. The van der Waals surface area contributed by atoms with Gasteiger partial charge in [0.1, 0.15) is 0 Å². The molecule has 0 aromatic carbocycles. The maximum Gasteiger partial charge on any atom is 0.00531 e. The lowest BCUT2D eigenvalue weighted by Crippen LogP contribution is -2.49. The smallest absolute Gasteiger partial charge is 0.00531 e. The van der Waals surface area contributed by atoms with E-state index in [1.807, 2.05) is 0 Å². The Labute approximate surface area is 133 Å². The topological polar surface area (TPSA) is 15.3 Å². The average Bonchev–Trinajstić information content (AvgIpc) is 3.22. The van der Waals surface area contributed by atoms with Crippen LogP contribution in [0.5, 0.6) is 0 Å². The first kappa shape index (κ1) is 17.3. The minimum absolute atomic E-state index is 0.534. The van der Waals surface area contributed by atoms with Crippen molar-refractivity contribution in [1.82, 2.24) is 10.2 Å². The first-order valence-electron chi connectivity index (χ1n) is 9.49. The Balaban J connectivity index is 1.98. The third-order valence-corrected chi connectivity index (χ3v) is 5.57. The van der Waals surface area contributed by atoms with Crippen molar-refractivity contribution in [3.8, 4) is 0 Å². The van der Waals surface area contributed by atoms with Crippen LogP contribution in [-0.4, -0.2) is 37.1 Å². The highest BCUT2D eigenvalue weighted by molar-refractivity contribution is 4.92. The Hall–Kier alpha value is -0.0800. The normalized spacial score (nSPS) is 30.3. The largest absolute Gasteiger partial charge is 0.316 e. The van der Waals surface area contributed by atoms with Crippen molar-refractivity contribution < 1.29 is 0 Å². The summed E-state index contributed by atoms with van der Waals surface area (Å²) in [5.41, 5.74) is 0.534. The highest BCUT2D eigenvalue weighted by Gasteiger charge is 2.37. The van der Waals surface area contributed by atoms with Crippen molar-refractivity contribution in [3.63, 3.8) is 0 Å². The fourth-order valence-corrected chi connectivity index (χ4v) is 4.18. The summed E-state index contributed by atoms with van der Waals surface area (Å²) in [6, 6.07) is 0.700. The Bertz CT molecular complexity index is 298. The van der Waals surface area contributed by atoms with E-state index in [0.717, 1.165) is 11.8 Å². The summed E-state index contributed by atoms with van der Waals surface area (Å²) in [5.74, 6) is 1.92. The van der Waals surface area contributed by atoms with E-state index in [4.69, 9.17) is 0 Å². The van der Waals surface area contributed by atoms with Crippen LogP contribution in [0.3, 0.4) is 0 Å². The van der Waals surface area contributed by atoms with E-state index in [0.29, 0.717) is 11.5 Å². The fourth-order valence-electron chi connectivity index (χ4n) is 4.18. The summed E-state index contributed by atoms with van der Waals surface area (Å²) >= 11 is 0. The summed E-state index contributed by atoms with van der Waals surface area (Å²) in [6.07, 6.45) is 9.94. The Morgan fingerprint density at radius 3 is 2.57 bits per heavy atom. The van der Waals surface area contributed by atoms with Gasteiger partial charge in [-0.05, 0) is 69.7 Å². The third-order valence-electron chi connectivity index (χ3n) is 5.57. The Kier molecular flexibility index (Phi) is 6.55. The van der Waals surface area contributed by atoms with Crippen molar-refractivity contribution in [2.24, 2.45) is 17.3 Å². The molecule has 0 aliphatic heterocycles. The van der Waals surface area contributed by atoms with Crippen LogP contribution in [-0.2, 0) is 0 Å². The second-order valence-electron chi connectivity index (χ2n) is 8.34. The van der Waals surface area contributed by atoms with Gasteiger partial charge in [0.15, 0.2) is 0 Å². The van der Waals surface area contributed by atoms with Crippen molar-refractivity contribution in [2.45, 2.75) is 78.7 Å². The van der Waals surface area contributed by atoms with E-state index in [9.17, 15) is 0 Å². The molecular formula is C19H38N2. The fraction of sp³-hybridized carbons (Fsp3) is 1.00. The summed E-state index contributed by atoms with van der Waals surface area (Å²) in [5, 5.41) is 3.75. The zero-order chi connectivity index (χ0) is 15.3. The van der Waals surface area contributed by atoms with Gasteiger partial charge >= 0.3 is 0 Å². The predicted molar refractivity (Wildman–Crippen MR) is 92.7 cm³/mol. The lowest BCUT2D eigenvalue weighted by molar-refractivity contribution is 0.0623. The highest BCUT2D eigenvalue weighted by Crippen LogP contribution is 2.41. The second kappa shape index (κ2) is 7.97. The zero-order valence-electron chi connectivity index (χ0n) is 15.0. The molecule has 124 valence electrons. The number of rotatable bonds is 9. The van der Waals surface area contributed by atoms with Gasteiger partial charge in [0, 0.05) is 25.7 Å². The number of hydrogen-bond donors (Lipinski definition) is 1. The van der Waals surface area contributed by atoms with Crippen LogP contribution in [0.4, 0.5) is 0 Å². The summed E-state index contributed by atoms with van der Waals surface area (Å²) < 4.78 is 0. The molecule has 0 saturated heterocycles. The van der Waals surface area contributed by atoms with E-state index in [1.54, 1.807) is 0 Å². The maximum absolute atomic E-state index is 3.75.